The molecule has 0 saturated carbocycles. The van der Waals surface area contributed by atoms with E-state index in [4.69, 9.17) is 0 Å². The molecule has 3 heterocycles. The summed E-state index contributed by atoms with van der Waals surface area (Å²) in [5.74, 6) is 2.22. The van der Waals surface area contributed by atoms with Gasteiger partial charge in [-0.15, -0.1) is 10.2 Å². The van der Waals surface area contributed by atoms with Gasteiger partial charge in [-0.2, -0.15) is 0 Å². The molecule has 0 aliphatic carbocycles. The highest BCUT2D eigenvalue weighted by atomic mass is 16.2. The van der Waals surface area contributed by atoms with Crippen molar-refractivity contribution in [2.75, 3.05) is 7.05 Å². The maximum Gasteiger partial charge on any atom is 0.245 e. The number of aryl methyl sites for hydroxylation is 1. The lowest BCUT2D eigenvalue weighted by Crippen LogP contribution is -2.41. The minimum Gasteiger partial charge on any atom is -0.334 e. The molecule has 0 fully saturated rings. The zero-order valence-electron chi connectivity index (χ0n) is 11.4. The van der Waals surface area contributed by atoms with Gasteiger partial charge in [-0.25, -0.2) is 4.98 Å². The maximum absolute atomic E-state index is 12.2. The molecule has 2 aromatic heterocycles. The first kappa shape index (κ1) is 11.9. The van der Waals surface area contributed by atoms with Crippen LogP contribution in [0.2, 0.25) is 0 Å². The lowest BCUT2D eigenvalue weighted by atomic mass is 10.1. The molecule has 2 aromatic rings. The molecule has 7 heteroatoms. The number of likely N-dealkylation sites (N-methyl/N-ethyl adjacent to an activating group) is 1. The molecule has 7 nitrogen and oxygen atoms in total. The van der Waals surface area contributed by atoms with Crippen molar-refractivity contribution in [3.63, 3.8) is 0 Å². The van der Waals surface area contributed by atoms with E-state index in [1.807, 2.05) is 36.2 Å². The number of carbonyl (C=O) groups excluding carboxylic acids is 1. The average molecular weight is 260 g/mol. The Morgan fingerprint density at radius 1 is 1.11 bits per heavy atom. The van der Waals surface area contributed by atoms with Crippen LogP contribution >= 0.6 is 0 Å². The molecule has 0 aromatic carbocycles. The highest BCUT2D eigenvalue weighted by Gasteiger charge is 2.36. The number of amides is 1. The molecule has 100 valence electrons. The first-order valence-electron chi connectivity index (χ1n) is 6.21. The predicted octanol–water partition coefficient (Wildman–Crippen LogP) is 0.773. The summed E-state index contributed by atoms with van der Waals surface area (Å²) in [6, 6.07) is -0.386. The summed E-state index contributed by atoms with van der Waals surface area (Å²) in [6.07, 6.45) is 3.56. The van der Waals surface area contributed by atoms with E-state index < -0.39 is 0 Å². The minimum atomic E-state index is -0.308. The molecule has 2 atom stereocenters. The molecule has 1 aliphatic rings. The van der Waals surface area contributed by atoms with Gasteiger partial charge in [0.05, 0.1) is 6.04 Å². The van der Waals surface area contributed by atoms with Crippen molar-refractivity contribution in [3.05, 3.63) is 18.2 Å². The number of imidazole rings is 1. The molecule has 0 unspecified atom stereocenters. The number of rotatable bonds is 1. The second-order valence-corrected chi connectivity index (χ2v) is 4.91. The van der Waals surface area contributed by atoms with E-state index >= 15 is 0 Å². The number of hydrogen-bond donors (Lipinski definition) is 0. The number of aromatic nitrogens is 5. The summed E-state index contributed by atoms with van der Waals surface area (Å²) < 4.78 is 3.76. The van der Waals surface area contributed by atoms with E-state index in [-0.39, 0.29) is 18.0 Å². The van der Waals surface area contributed by atoms with Crippen LogP contribution in [-0.4, -0.2) is 42.2 Å². The van der Waals surface area contributed by atoms with Crippen LogP contribution in [0.1, 0.15) is 31.8 Å². The molecule has 0 spiro atoms. The number of carbonyl (C=O) groups is 1. The van der Waals surface area contributed by atoms with Crippen LogP contribution in [0, 0.1) is 0 Å². The van der Waals surface area contributed by atoms with Gasteiger partial charge in [0, 0.05) is 26.5 Å². The van der Waals surface area contributed by atoms with Crippen LogP contribution in [0.25, 0.3) is 11.6 Å². The summed E-state index contributed by atoms with van der Waals surface area (Å²) in [7, 11) is 3.69. The molecule has 0 N–H and O–H groups in total. The summed E-state index contributed by atoms with van der Waals surface area (Å²) in [5.41, 5.74) is 0. The van der Waals surface area contributed by atoms with Gasteiger partial charge in [0.1, 0.15) is 6.04 Å². The third-order valence-electron chi connectivity index (χ3n) is 3.79. The number of hydrogen-bond acceptors (Lipinski definition) is 4. The summed E-state index contributed by atoms with van der Waals surface area (Å²) >= 11 is 0. The van der Waals surface area contributed by atoms with Crippen LogP contribution in [0.3, 0.4) is 0 Å². The highest BCUT2D eigenvalue weighted by Crippen LogP contribution is 2.32. The normalized spacial score (nSPS) is 22.7. The van der Waals surface area contributed by atoms with Crippen molar-refractivity contribution >= 4 is 5.91 Å². The summed E-state index contributed by atoms with van der Waals surface area (Å²) in [5, 5.41) is 8.46. The molecule has 3 rings (SSSR count). The Bertz CT molecular complexity index is 642. The Kier molecular flexibility index (Phi) is 2.44. The van der Waals surface area contributed by atoms with Crippen LogP contribution < -0.4 is 0 Å². The third-order valence-corrected chi connectivity index (χ3v) is 3.79. The highest BCUT2D eigenvalue weighted by molar-refractivity contribution is 5.82. The van der Waals surface area contributed by atoms with Crippen molar-refractivity contribution in [1.29, 1.82) is 0 Å². The maximum atomic E-state index is 12.2. The Morgan fingerprint density at radius 3 is 2.47 bits per heavy atom. The third kappa shape index (κ3) is 1.50. The van der Waals surface area contributed by atoms with Gasteiger partial charge in [0.15, 0.2) is 11.6 Å². The predicted molar refractivity (Wildman–Crippen MR) is 68.1 cm³/mol. The zero-order valence-corrected chi connectivity index (χ0v) is 11.4. The van der Waals surface area contributed by atoms with E-state index in [1.165, 1.54) is 0 Å². The van der Waals surface area contributed by atoms with Gasteiger partial charge in [-0.3, -0.25) is 9.36 Å². The van der Waals surface area contributed by atoms with Gasteiger partial charge < -0.3 is 9.47 Å². The number of nitrogens with zero attached hydrogens (tertiary/aromatic N) is 6. The fourth-order valence-electron chi connectivity index (χ4n) is 2.47. The van der Waals surface area contributed by atoms with E-state index in [0.717, 1.165) is 11.6 Å². The molecular weight excluding hydrogens is 244 g/mol. The van der Waals surface area contributed by atoms with Gasteiger partial charge in [-0.1, -0.05) is 0 Å². The van der Waals surface area contributed by atoms with E-state index in [0.29, 0.717) is 5.82 Å². The molecule has 0 bridgehead atoms. The molecule has 0 radical (unpaired) electrons. The summed E-state index contributed by atoms with van der Waals surface area (Å²) in [4.78, 5) is 18.2. The lowest BCUT2D eigenvalue weighted by molar-refractivity contribution is -0.137. The van der Waals surface area contributed by atoms with Gasteiger partial charge in [-0.05, 0) is 13.8 Å². The minimum absolute atomic E-state index is 0.0651. The number of fused-ring (bicyclic) bond motifs is 1. The van der Waals surface area contributed by atoms with Gasteiger partial charge in [0.25, 0.3) is 0 Å². The SMILES string of the molecule is C[C@H]1c2nnc(-c3nccn3C)n2[C@@H](C)C(=O)N1C. The second kappa shape index (κ2) is 3.91. The zero-order chi connectivity index (χ0) is 13.7. The molecule has 1 amide bonds. The fraction of sp³-hybridized carbons (Fsp3) is 0.500. The van der Waals surface area contributed by atoms with Crippen molar-refractivity contribution in [2.45, 2.75) is 25.9 Å². The fourth-order valence-corrected chi connectivity index (χ4v) is 2.47. The first-order chi connectivity index (χ1) is 9.02. The average Bonchev–Trinajstić information content (AvgIpc) is 2.99. The van der Waals surface area contributed by atoms with Crippen LogP contribution in [0.4, 0.5) is 0 Å². The van der Waals surface area contributed by atoms with E-state index in [9.17, 15) is 4.79 Å². The Labute approximate surface area is 110 Å². The largest absolute Gasteiger partial charge is 0.334 e. The second-order valence-electron chi connectivity index (χ2n) is 4.91. The Balaban J connectivity index is 2.20. The van der Waals surface area contributed by atoms with Crippen molar-refractivity contribution in [3.8, 4) is 11.6 Å². The quantitative estimate of drug-likeness (QED) is 0.759. The van der Waals surface area contributed by atoms with E-state index in [2.05, 4.69) is 15.2 Å². The van der Waals surface area contributed by atoms with Crippen LogP contribution in [0.5, 0.6) is 0 Å². The van der Waals surface area contributed by atoms with Crippen LogP contribution in [-0.2, 0) is 11.8 Å². The van der Waals surface area contributed by atoms with Crippen molar-refractivity contribution in [2.24, 2.45) is 7.05 Å². The lowest BCUT2D eigenvalue weighted by Gasteiger charge is -2.34. The van der Waals surface area contributed by atoms with Crippen LogP contribution in [0.15, 0.2) is 12.4 Å². The van der Waals surface area contributed by atoms with E-state index in [1.54, 1.807) is 18.1 Å². The molecule has 1 aliphatic heterocycles. The topological polar surface area (TPSA) is 68.8 Å². The monoisotopic (exact) mass is 260 g/mol. The first-order valence-corrected chi connectivity index (χ1v) is 6.21. The Morgan fingerprint density at radius 2 is 1.84 bits per heavy atom. The molecular formula is C12H16N6O. The summed E-state index contributed by atoms with van der Waals surface area (Å²) in [6.45, 7) is 3.82. The molecule has 19 heavy (non-hydrogen) atoms. The van der Waals surface area contributed by atoms with Crippen molar-refractivity contribution < 1.29 is 4.79 Å². The smallest absolute Gasteiger partial charge is 0.245 e. The van der Waals surface area contributed by atoms with Gasteiger partial charge in [0.2, 0.25) is 11.7 Å². The Hall–Kier alpha value is -2.18. The standard InChI is InChI=1S/C12H16N6O/c1-7-9-14-15-11(10-13-5-6-16(10)3)18(9)8(2)12(19)17(7)4/h5-8H,1-4H3/t7-,8-/m0/s1. The molecule has 0 saturated heterocycles. The van der Waals surface area contributed by atoms with Crippen molar-refractivity contribution in [1.82, 2.24) is 29.2 Å². The van der Waals surface area contributed by atoms with Gasteiger partial charge >= 0.3 is 0 Å².